The van der Waals surface area contributed by atoms with Gasteiger partial charge in [-0.05, 0) is 48.5 Å². The number of benzene rings is 2. The monoisotopic (exact) mass is 438 g/mol. The molecule has 5 nitrogen and oxygen atoms in total. The summed E-state index contributed by atoms with van der Waals surface area (Å²) in [5.41, 5.74) is -3.52. The Labute approximate surface area is 169 Å². The SMILES string of the molecule is O=C(Nc1ccc(S(=O)(=O)C(F)(F)F)cc1)c1ccc(-c2ncccc2S)cc1. The fourth-order valence-electron chi connectivity index (χ4n) is 2.45. The molecule has 0 spiro atoms. The van der Waals surface area contributed by atoms with Gasteiger partial charge in [-0.2, -0.15) is 13.2 Å². The molecule has 0 saturated carbocycles. The molecule has 0 aliphatic carbocycles. The average Bonchev–Trinajstić information content (AvgIpc) is 2.68. The van der Waals surface area contributed by atoms with Crippen LogP contribution in [0.5, 0.6) is 0 Å². The molecule has 29 heavy (non-hydrogen) atoms. The van der Waals surface area contributed by atoms with E-state index in [-0.39, 0.29) is 5.69 Å². The number of halogens is 3. The van der Waals surface area contributed by atoms with Crippen LogP contribution in [0.25, 0.3) is 11.3 Å². The van der Waals surface area contributed by atoms with Crippen LogP contribution >= 0.6 is 12.6 Å². The first kappa shape index (κ1) is 20.9. The largest absolute Gasteiger partial charge is 0.501 e. The predicted octanol–water partition coefficient (Wildman–Crippen LogP) is 4.58. The van der Waals surface area contributed by atoms with E-state index in [2.05, 4.69) is 22.9 Å². The van der Waals surface area contributed by atoms with Crippen LogP contribution in [0.15, 0.2) is 76.7 Å². The normalized spacial score (nSPS) is 11.9. The van der Waals surface area contributed by atoms with Gasteiger partial charge in [0.1, 0.15) is 0 Å². The molecule has 0 aliphatic heterocycles. The summed E-state index contributed by atoms with van der Waals surface area (Å²) in [6.45, 7) is 0. The quantitative estimate of drug-likeness (QED) is 0.585. The third-order valence-corrected chi connectivity index (χ3v) is 5.80. The first-order valence-electron chi connectivity index (χ1n) is 8.07. The van der Waals surface area contributed by atoms with Crippen LogP contribution in [0.2, 0.25) is 0 Å². The van der Waals surface area contributed by atoms with Crippen LogP contribution < -0.4 is 5.32 Å². The van der Waals surface area contributed by atoms with E-state index in [4.69, 9.17) is 0 Å². The molecule has 1 N–H and O–H groups in total. The zero-order chi connectivity index (χ0) is 21.2. The number of hydrogen-bond acceptors (Lipinski definition) is 5. The molecule has 10 heteroatoms. The van der Waals surface area contributed by atoms with Crippen LogP contribution in [0.4, 0.5) is 18.9 Å². The van der Waals surface area contributed by atoms with Crippen molar-refractivity contribution in [3.63, 3.8) is 0 Å². The molecule has 0 atom stereocenters. The van der Waals surface area contributed by atoms with Crippen LogP contribution in [0.3, 0.4) is 0 Å². The molecule has 1 aromatic heterocycles. The lowest BCUT2D eigenvalue weighted by Crippen LogP contribution is -2.23. The van der Waals surface area contributed by atoms with E-state index in [1.807, 2.05) is 0 Å². The molecule has 150 valence electrons. The molecule has 3 rings (SSSR count). The number of carbonyl (C=O) groups is 1. The zero-order valence-corrected chi connectivity index (χ0v) is 16.2. The molecule has 1 amide bonds. The van der Waals surface area contributed by atoms with Crippen molar-refractivity contribution in [1.82, 2.24) is 4.98 Å². The summed E-state index contributed by atoms with van der Waals surface area (Å²) in [7, 11) is -5.43. The number of anilines is 1. The van der Waals surface area contributed by atoms with Crippen molar-refractivity contribution in [2.24, 2.45) is 0 Å². The molecule has 0 saturated heterocycles. The Kier molecular flexibility index (Phi) is 5.67. The average molecular weight is 438 g/mol. The van der Waals surface area contributed by atoms with Gasteiger partial charge in [-0.15, -0.1) is 12.6 Å². The van der Waals surface area contributed by atoms with Gasteiger partial charge in [0, 0.05) is 27.9 Å². The highest BCUT2D eigenvalue weighted by Crippen LogP contribution is 2.30. The summed E-state index contributed by atoms with van der Waals surface area (Å²) < 4.78 is 60.4. The van der Waals surface area contributed by atoms with Crippen molar-refractivity contribution < 1.29 is 26.4 Å². The number of alkyl halides is 3. The minimum Gasteiger partial charge on any atom is -0.322 e. The Morgan fingerprint density at radius 1 is 0.966 bits per heavy atom. The van der Waals surface area contributed by atoms with E-state index in [0.29, 0.717) is 16.2 Å². The number of nitrogens with zero attached hydrogens (tertiary/aromatic N) is 1. The molecule has 0 bridgehead atoms. The highest BCUT2D eigenvalue weighted by atomic mass is 32.2. The molecule has 0 unspecified atom stereocenters. The second-order valence-corrected chi connectivity index (χ2v) is 8.30. The van der Waals surface area contributed by atoms with Gasteiger partial charge in [0.2, 0.25) is 0 Å². The standard InChI is InChI=1S/C19H13F3N2O3S2/c20-19(21,22)29(26,27)15-9-7-14(8-10-15)24-18(25)13-5-3-12(4-6-13)17-16(28)2-1-11-23-17/h1-11,28H,(H,24,25). The van der Waals surface area contributed by atoms with E-state index in [1.165, 1.54) is 0 Å². The zero-order valence-electron chi connectivity index (χ0n) is 14.5. The van der Waals surface area contributed by atoms with E-state index in [9.17, 15) is 26.4 Å². The third kappa shape index (κ3) is 4.43. The van der Waals surface area contributed by atoms with Gasteiger partial charge in [-0.3, -0.25) is 9.78 Å². The van der Waals surface area contributed by atoms with E-state index >= 15 is 0 Å². The van der Waals surface area contributed by atoms with E-state index in [1.54, 1.807) is 42.6 Å². The second kappa shape index (κ2) is 7.88. The summed E-state index contributed by atoms with van der Waals surface area (Å²) in [6.07, 6.45) is 1.62. The second-order valence-electron chi connectivity index (χ2n) is 5.88. The molecular formula is C19H13F3N2O3S2. The van der Waals surface area contributed by atoms with E-state index < -0.39 is 26.1 Å². The van der Waals surface area contributed by atoms with Gasteiger partial charge in [-0.25, -0.2) is 8.42 Å². The Bertz CT molecular complexity index is 1140. The topological polar surface area (TPSA) is 76.1 Å². The van der Waals surface area contributed by atoms with Gasteiger partial charge >= 0.3 is 5.51 Å². The Morgan fingerprint density at radius 2 is 1.59 bits per heavy atom. The summed E-state index contributed by atoms with van der Waals surface area (Å²) in [5.74, 6) is -0.505. The van der Waals surface area contributed by atoms with Crippen molar-refractivity contribution in [3.05, 3.63) is 72.4 Å². The van der Waals surface area contributed by atoms with Crippen LogP contribution in [-0.2, 0) is 9.84 Å². The van der Waals surface area contributed by atoms with Crippen molar-refractivity contribution >= 4 is 34.1 Å². The number of aromatic nitrogens is 1. The van der Waals surface area contributed by atoms with E-state index in [0.717, 1.165) is 29.8 Å². The highest BCUT2D eigenvalue weighted by molar-refractivity contribution is 7.92. The molecule has 2 aromatic carbocycles. The van der Waals surface area contributed by atoms with Crippen molar-refractivity contribution in [2.45, 2.75) is 15.3 Å². The predicted molar refractivity (Wildman–Crippen MR) is 105 cm³/mol. The number of nitrogens with one attached hydrogen (secondary N) is 1. The molecule has 0 radical (unpaired) electrons. The summed E-state index contributed by atoms with van der Waals surface area (Å²) in [4.78, 5) is 16.3. The number of amides is 1. The summed E-state index contributed by atoms with van der Waals surface area (Å²) in [5, 5.41) is 2.50. The van der Waals surface area contributed by atoms with Crippen LogP contribution in [-0.4, -0.2) is 24.8 Å². The fourth-order valence-corrected chi connectivity index (χ4v) is 3.49. The maximum Gasteiger partial charge on any atom is 0.501 e. The minimum atomic E-state index is -5.43. The van der Waals surface area contributed by atoms with Gasteiger partial charge in [0.15, 0.2) is 0 Å². The Balaban J connectivity index is 1.75. The highest BCUT2D eigenvalue weighted by Gasteiger charge is 2.46. The number of hydrogen-bond donors (Lipinski definition) is 2. The fraction of sp³-hybridized carbons (Fsp3) is 0.0526. The third-order valence-electron chi connectivity index (χ3n) is 3.93. The lowest BCUT2D eigenvalue weighted by atomic mass is 10.1. The summed E-state index contributed by atoms with van der Waals surface area (Å²) in [6, 6.07) is 13.8. The van der Waals surface area contributed by atoms with Gasteiger partial charge in [0.05, 0.1) is 10.6 Å². The first-order chi connectivity index (χ1) is 13.6. The molecule has 1 heterocycles. The number of pyridine rings is 1. The number of thiol groups is 1. The molecule has 0 aliphatic rings. The summed E-state index contributed by atoms with van der Waals surface area (Å²) >= 11 is 4.33. The Hall–Kier alpha value is -2.85. The molecule has 0 fully saturated rings. The first-order valence-corrected chi connectivity index (χ1v) is 10.00. The van der Waals surface area contributed by atoms with Crippen LogP contribution in [0, 0.1) is 0 Å². The smallest absolute Gasteiger partial charge is 0.322 e. The van der Waals surface area contributed by atoms with Gasteiger partial charge in [-0.1, -0.05) is 12.1 Å². The number of sulfone groups is 1. The van der Waals surface area contributed by atoms with Crippen molar-refractivity contribution in [2.75, 3.05) is 5.32 Å². The minimum absolute atomic E-state index is 0.155. The molecular weight excluding hydrogens is 425 g/mol. The van der Waals surface area contributed by atoms with Gasteiger partial charge in [0.25, 0.3) is 15.7 Å². The van der Waals surface area contributed by atoms with Crippen molar-refractivity contribution in [3.8, 4) is 11.3 Å². The maximum absolute atomic E-state index is 12.6. The lowest BCUT2D eigenvalue weighted by Gasteiger charge is -2.10. The van der Waals surface area contributed by atoms with Crippen LogP contribution in [0.1, 0.15) is 10.4 Å². The molecule has 3 aromatic rings. The Morgan fingerprint density at radius 3 is 2.14 bits per heavy atom. The lowest BCUT2D eigenvalue weighted by molar-refractivity contribution is -0.0436. The number of rotatable bonds is 4. The maximum atomic E-state index is 12.6. The van der Waals surface area contributed by atoms with Crippen molar-refractivity contribution in [1.29, 1.82) is 0 Å². The number of carbonyl (C=O) groups excluding carboxylic acids is 1. The van der Waals surface area contributed by atoms with Gasteiger partial charge < -0.3 is 5.32 Å².